The summed E-state index contributed by atoms with van der Waals surface area (Å²) in [6.07, 6.45) is 2.33. The van der Waals surface area contributed by atoms with Gasteiger partial charge in [-0.3, -0.25) is 0 Å². The van der Waals surface area contributed by atoms with Gasteiger partial charge >= 0.3 is 0 Å². The highest BCUT2D eigenvalue weighted by Crippen LogP contribution is 2.35. The monoisotopic (exact) mass is 404 g/mol. The average Bonchev–Trinajstić information content (AvgIpc) is 2.70. The van der Waals surface area contributed by atoms with E-state index < -0.39 is 5.82 Å². The van der Waals surface area contributed by atoms with Gasteiger partial charge in [-0.2, -0.15) is 0 Å². The van der Waals surface area contributed by atoms with Gasteiger partial charge in [0, 0.05) is 17.1 Å². The molecule has 0 aliphatic carbocycles. The minimum absolute atomic E-state index is 0.0368. The summed E-state index contributed by atoms with van der Waals surface area (Å²) in [5.41, 5.74) is 1.32. The van der Waals surface area contributed by atoms with Crippen LogP contribution in [0.3, 0.4) is 0 Å². The van der Waals surface area contributed by atoms with Gasteiger partial charge in [-0.15, -0.1) is 0 Å². The van der Waals surface area contributed by atoms with Crippen LogP contribution in [-0.2, 0) is 0 Å². The van der Waals surface area contributed by atoms with Crippen molar-refractivity contribution in [3.05, 3.63) is 47.5 Å². The smallest absolute Gasteiger partial charge is 0.162 e. The number of hydrogen-bond donors (Lipinski definition) is 2. The van der Waals surface area contributed by atoms with Crippen molar-refractivity contribution in [1.29, 1.82) is 0 Å². The Morgan fingerprint density at radius 1 is 1.14 bits per heavy atom. The molecule has 0 aliphatic rings. The second-order valence-corrected chi connectivity index (χ2v) is 6.46. The number of halogens is 2. The average molecular weight is 405 g/mol. The van der Waals surface area contributed by atoms with Crippen LogP contribution in [0.5, 0.6) is 11.5 Å². The molecular formula is C20H22ClFN4O2. The summed E-state index contributed by atoms with van der Waals surface area (Å²) in [5.74, 6) is 1.30. The summed E-state index contributed by atoms with van der Waals surface area (Å²) in [6, 6.07) is 8.05. The molecule has 0 bridgehead atoms. The molecule has 2 N–H and O–H groups in total. The fourth-order valence-electron chi connectivity index (χ4n) is 2.70. The Kier molecular flexibility index (Phi) is 6.84. The number of fused-ring (bicyclic) bond motifs is 1. The molecule has 6 nitrogen and oxygen atoms in total. The Bertz CT molecular complexity index is 955. The number of ether oxygens (including phenoxy) is 2. The molecule has 0 saturated carbocycles. The molecule has 1 aromatic heterocycles. The van der Waals surface area contributed by atoms with Crippen LogP contribution in [0.4, 0.5) is 15.9 Å². The van der Waals surface area contributed by atoms with Gasteiger partial charge in [0.1, 0.15) is 18.0 Å². The molecule has 0 unspecified atom stereocenters. The molecule has 0 fully saturated rings. The molecule has 2 aromatic carbocycles. The number of methoxy groups -OCH3 is 1. The van der Waals surface area contributed by atoms with Crippen molar-refractivity contribution < 1.29 is 13.9 Å². The lowest BCUT2D eigenvalue weighted by Crippen LogP contribution is -2.16. The summed E-state index contributed by atoms with van der Waals surface area (Å²) in [6.45, 7) is 4.43. The normalized spacial score (nSPS) is 10.9. The third-order valence-corrected chi connectivity index (χ3v) is 4.40. The van der Waals surface area contributed by atoms with Gasteiger partial charge in [0.25, 0.3) is 0 Å². The number of rotatable bonds is 9. The van der Waals surface area contributed by atoms with E-state index in [0.717, 1.165) is 24.9 Å². The maximum atomic E-state index is 13.4. The fraction of sp³-hybridized carbons (Fsp3) is 0.300. The van der Waals surface area contributed by atoms with E-state index in [4.69, 9.17) is 21.1 Å². The summed E-state index contributed by atoms with van der Waals surface area (Å²) in [7, 11) is 1.59. The van der Waals surface area contributed by atoms with Crippen molar-refractivity contribution in [2.24, 2.45) is 0 Å². The van der Waals surface area contributed by atoms with Crippen LogP contribution in [-0.4, -0.2) is 36.8 Å². The van der Waals surface area contributed by atoms with Crippen LogP contribution >= 0.6 is 11.6 Å². The lowest BCUT2D eigenvalue weighted by molar-refractivity contribution is 0.288. The van der Waals surface area contributed by atoms with Gasteiger partial charge in [0.15, 0.2) is 11.5 Å². The van der Waals surface area contributed by atoms with E-state index in [1.165, 1.54) is 18.5 Å². The van der Waals surface area contributed by atoms with E-state index in [2.05, 4.69) is 27.5 Å². The number of anilines is 2. The van der Waals surface area contributed by atoms with Crippen LogP contribution in [0.15, 0.2) is 36.7 Å². The zero-order valence-electron chi connectivity index (χ0n) is 15.8. The summed E-state index contributed by atoms with van der Waals surface area (Å²) >= 11 is 5.87. The topological polar surface area (TPSA) is 68.3 Å². The molecule has 8 heteroatoms. The van der Waals surface area contributed by atoms with Crippen LogP contribution in [0.1, 0.15) is 13.3 Å². The second-order valence-electron chi connectivity index (χ2n) is 6.05. The third kappa shape index (κ3) is 4.79. The first-order valence-corrected chi connectivity index (χ1v) is 9.38. The minimum Gasteiger partial charge on any atom is -0.493 e. The van der Waals surface area contributed by atoms with Crippen LogP contribution in [0, 0.1) is 5.82 Å². The number of aromatic nitrogens is 2. The maximum Gasteiger partial charge on any atom is 0.162 e. The lowest BCUT2D eigenvalue weighted by atomic mass is 10.2. The first-order chi connectivity index (χ1) is 13.6. The van der Waals surface area contributed by atoms with Crippen molar-refractivity contribution >= 4 is 34.0 Å². The van der Waals surface area contributed by atoms with Gasteiger partial charge in [-0.1, -0.05) is 18.5 Å². The Labute approximate surface area is 168 Å². The molecule has 28 heavy (non-hydrogen) atoms. The predicted octanol–water partition coefficient (Wildman–Crippen LogP) is 4.55. The van der Waals surface area contributed by atoms with E-state index in [9.17, 15) is 4.39 Å². The Hall–Kier alpha value is -2.64. The van der Waals surface area contributed by atoms with Crippen molar-refractivity contribution in [2.45, 2.75) is 13.3 Å². The van der Waals surface area contributed by atoms with Crippen molar-refractivity contribution in [1.82, 2.24) is 15.3 Å². The maximum absolute atomic E-state index is 13.4. The summed E-state index contributed by atoms with van der Waals surface area (Å²) < 4.78 is 24.7. The van der Waals surface area contributed by atoms with Crippen LogP contribution in [0.2, 0.25) is 5.02 Å². The molecular weight excluding hydrogens is 383 g/mol. The van der Waals surface area contributed by atoms with Crippen LogP contribution in [0.25, 0.3) is 10.9 Å². The molecule has 0 radical (unpaired) electrons. The molecule has 3 aromatic rings. The standard InChI is InChI=1S/C20H22ClFN4O2/c1-3-23-7-4-8-28-19-10-14-17(11-18(19)27-2)24-12-25-20(14)26-13-5-6-16(22)15(21)9-13/h5-6,9-12,23H,3-4,7-8H2,1-2H3,(H,24,25,26). The van der Waals surface area contributed by atoms with Gasteiger partial charge < -0.3 is 20.1 Å². The largest absolute Gasteiger partial charge is 0.493 e. The fourth-order valence-corrected chi connectivity index (χ4v) is 2.88. The molecule has 0 spiro atoms. The molecule has 0 atom stereocenters. The Morgan fingerprint density at radius 3 is 2.75 bits per heavy atom. The molecule has 0 saturated heterocycles. The highest BCUT2D eigenvalue weighted by molar-refractivity contribution is 6.31. The first kappa shape index (κ1) is 20.1. The van der Waals surface area contributed by atoms with Crippen LogP contribution < -0.4 is 20.1 Å². The number of hydrogen-bond acceptors (Lipinski definition) is 6. The number of nitrogens with zero attached hydrogens (tertiary/aromatic N) is 2. The van der Waals surface area contributed by atoms with Gasteiger partial charge in [0.05, 0.1) is 24.3 Å². The third-order valence-electron chi connectivity index (χ3n) is 4.11. The Morgan fingerprint density at radius 2 is 2.00 bits per heavy atom. The van der Waals surface area contributed by atoms with E-state index in [1.54, 1.807) is 19.2 Å². The first-order valence-electron chi connectivity index (χ1n) is 9.00. The molecule has 3 rings (SSSR count). The van der Waals surface area contributed by atoms with Crippen molar-refractivity contribution in [3.8, 4) is 11.5 Å². The molecule has 1 heterocycles. The highest BCUT2D eigenvalue weighted by Gasteiger charge is 2.12. The Balaban J connectivity index is 1.88. The zero-order valence-corrected chi connectivity index (χ0v) is 16.5. The van der Waals surface area contributed by atoms with E-state index >= 15 is 0 Å². The molecule has 0 amide bonds. The summed E-state index contributed by atoms with van der Waals surface area (Å²) in [4.78, 5) is 8.61. The zero-order chi connectivity index (χ0) is 19.9. The molecule has 148 valence electrons. The van der Waals surface area contributed by atoms with Gasteiger partial charge in [0.2, 0.25) is 0 Å². The highest BCUT2D eigenvalue weighted by atomic mass is 35.5. The second kappa shape index (κ2) is 9.52. The quantitative estimate of drug-likeness (QED) is 0.510. The predicted molar refractivity (Wildman–Crippen MR) is 109 cm³/mol. The van der Waals surface area contributed by atoms with E-state index in [0.29, 0.717) is 35.1 Å². The van der Waals surface area contributed by atoms with Gasteiger partial charge in [-0.25, -0.2) is 14.4 Å². The minimum atomic E-state index is -0.474. The van der Waals surface area contributed by atoms with Crippen molar-refractivity contribution in [3.63, 3.8) is 0 Å². The van der Waals surface area contributed by atoms with E-state index in [1.807, 2.05) is 6.07 Å². The number of nitrogens with one attached hydrogen (secondary N) is 2. The SMILES string of the molecule is CCNCCCOc1cc2c(Nc3ccc(F)c(Cl)c3)ncnc2cc1OC. The summed E-state index contributed by atoms with van der Waals surface area (Å²) in [5, 5.41) is 7.21. The lowest BCUT2D eigenvalue weighted by Gasteiger charge is -2.14. The van der Waals surface area contributed by atoms with Gasteiger partial charge in [-0.05, 0) is 43.8 Å². The number of benzene rings is 2. The van der Waals surface area contributed by atoms with Crippen molar-refractivity contribution in [2.75, 3.05) is 32.1 Å². The molecule has 0 aliphatic heterocycles. The van der Waals surface area contributed by atoms with E-state index in [-0.39, 0.29) is 5.02 Å².